The van der Waals surface area contributed by atoms with Crippen LogP contribution in [-0.4, -0.2) is 44.8 Å². The minimum absolute atomic E-state index is 0.0426. The molecule has 3 aromatic rings. The molecule has 3 aromatic carbocycles. The maximum absolute atomic E-state index is 13.8. The molecule has 0 spiro atoms. The molecule has 1 atom stereocenters. The molecule has 0 bridgehead atoms. The van der Waals surface area contributed by atoms with Gasteiger partial charge in [-0.2, -0.15) is 0 Å². The maximum atomic E-state index is 13.8. The van der Waals surface area contributed by atoms with Crippen LogP contribution in [0.4, 0.5) is 5.69 Å². The predicted molar refractivity (Wildman–Crippen MR) is 147 cm³/mol. The summed E-state index contributed by atoms with van der Waals surface area (Å²) in [5.74, 6) is -0.938. The smallest absolute Gasteiger partial charge is 0.264 e. The van der Waals surface area contributed by atoms with Gasteiger partial charge in [0.2, 0.25) is 11.8 Å². The highest BCUT2D eigenvalue weighted by Crippen LogP contribution is 2.29. The predicted octanol–water partition coefficient (Wildman–Crippen LogP) is 4.97. The zero-order chi connectivity index (χ0) is 27.3. The number of halogens is 2. The number of carbonyl (C=O) groups is 2. The van der Waals surface area contributed by atoms with Crippen LogP contribution >= 0.6 is 23.2 Å². The summed E-state index contributed by atoms with van der Waals surface area (Å²) in [5.41, 5.74) is 2.49. The van der Waals surface area contributed by atoms with Crippen LogP contribution in [-0.2, 0) is 26.2 Å². The van der Waals surface area contributed by atoms with Crippen LogP contribution in [0.25, 0.3) is 0 Å². The molecule has 0 fully saturated rings. The Hall–Kier alpha value is -3.07. The third-order valence-electron chi connectivity index (χ3n) is 5.97. The summed E-state index contributed by atoms with van der Waals surface area (Å²) in [6.07, 6.45) is 0. The lowest BCUT2D eigenvalue weighted by Crippen LogP contribution is -2.50. The standard InChI is InChI=1S/C27H29Cl2N3O4S/c1-18-8-11-24(12-9-18)37(35,36)32(25-13-10-23(29)14-19(25)2)17-26(33)31(20(3)27(34)30-4)16-21-6-5-7-22(28)15-21/h5-15,20H,16-17H2,1-4H3,(H,30,34)/t20-/m1/s1. The van der Waals surface area contributed by atoms with E-state index >= 15 is 0 Å². The van der Waals surface area contributed by atoms with Gasteiger partial charge in [0.15, 0.2) is 0 Å². The van der Waals surface area contributed by atoms with Crippen LogP contribution in [0.15, 0.2) is 71.6 Å². The molecule has 0 aliphatic heterocycles. The van der Waals surface area contributed by atoms with Crippen LogP contribution in [0, 0.1) is 13.8 Å². The van der Waals surface area contributed by atoms with E-state index in [0.717, 1.165) is 9.87 Å². The molecule has 0 radical (unpaired) electrons. The zero-order valence-electron chi connectivity index (χ0n) is 21.0. The number of hydrogen-bond acceptors (Lipinski definition) is 4. The Morgan fingerprint density at radius 2 is 1.59 bits per heavy atom. The first-order valence-corrected chi connectivity index (χ1v) is 13.7. The molecular formula is C27H29Cl2N3O4S. The summed E-state index contributed by atoms with van der Waals surface area (Å²) >= 11 is 12.3. The van der Waals surface area contributed by atoms with Crippen molar-refractivity contribution in [3.63, 3.8) is 0 Å². The fraction of sp³-hybridized carbons (Fsp3) is 0.259. The second-order valence-corrected chi connectivity index (χ2v) is 11.4. The molecule has 3 rings (SSSR count). The van der Waals surface area contributed by atoms with Crippen molar-refractivity contribution in [3.05, 3.63) is 93.5 Å². The molecule has 196 valence electrons. The topological polar surface area (TPSA) is 86.8 Å². The van der Waals surface area contributed by atoms with Crippen molar-refractivity contribution >= 4 is 50.7 Å². The number of aryl methyl sites for hydroxylation is 2. The molecular weight excluding hydrogens is 533 g/mol. The van der Waals surface area contributed by atoms with E-state index < -0.39 is 28.5 Å². The third-order valence-corrected chi connectivity index (χ3v) is 8.22. The number of sulfonamides is 1. The summed E-state index contributed by atoms with van der Waals surface area (Å²) < 4.78 is 28.7. The molecule has 7 nitrogen and oxygen atoms in total. The fourth-order valence-corrected chi connectivity index (χ4v) is 5.79. The maximum Gasteiger partial charge on any atom is 0.264 e. The second kappa shape index (κ2) is 12.0. The Balaban J connectivity index is 2.07. The molecule has 37 heavy (non-hydrogen) atoms. The third kappa shape index (κ3) is 6.83. The van der Waals surface area contributed by atoms with Crippen molar-refractivity contribution < 1.29 is 18.0 Å². The van der Waals surface area contributed by atoms with Gasteiger partial charge >= 0.3 is 0 Å². The first kappa shape index (κ1) is 28.5. The highest BCUT2D eigenvalue weighted by atomic mass is 35.5. The van der Waals surface area contributed by atoms with Crippen molar-refractivity contribution in [3.8, 4) is 0 Å². The number of nitrogens with zero attached hydrogens (tertiary/aromatic N) is 2. The molecule has 2 amide bonds. The highest BCUT2D eigenvalue weighted by Gasteiger charge is 2.33. The number of rotatable bonds is 9. The van der Waals surface area contributed by atoms with Crippen LogP contribution in [0.3, 0.4) is 0 Å². The second-order valence-electron chi connectivity index (χ2n) is 8.70. The average molecular weight is 563 g/mol. The summed E-state index contributed by atoms with van der Waals surface area (Å²) in [6.45, 7) is 4.70. The molecule has 0 heterocycles. The minimum atomic E-state index is -4.14. The largest absolute Gasteiger partial charge is 0.357 e. The number of carbonyl (C=O) groups excluding carboxylic acids is 2. The molecule has 0 unspecified atom stereocenters. The van der Waals surface area contributed by atoms with Crippen LogP contribution in [0.2, 0.25) is 10.0 Å². The summed E-state index contributed by atoms with van der Waals surface area (Å²) in [7, 11) is -2.67. The van der Waals surface area contributed by atoms with Gasteiger partial charge in [-0.05, 0) is 74.4 Å². The van der Waals surface area contributed by atoms with Gasteiger partial charge in [0.1, 0.15) is 12.6 Å². The lowest BCUT2D eigenvalue weighted by atomic mass is 10.1. The zero-order valence-corrected chi connectivity index (χ0v) is 23.4. The first-order valence-electron chi connectivity index (χ1n) is 11.5. The SMILES string of the molecule is CNC(=O)[C@@H](C)N(Cc1cccc(Cl)c1)C(=O)CN(c1ccc(Cl)cc1C)S(=O)(=O)c1ccc(C)cc1. The van der Waals surface area contributed by atoms with E-state index in [9.17, 15) is 18.0 Å². The van der Waals surface area contributed by atoms with E-state index in [4.69, 9.17) is 23.2 Å². The molecule has 0 saturated carbocycles. The summed E-state index contributed by atoms with van der Waals surface area (Å²) in [4.78, 5) is 27.7. The summed E-state index contributed by atoms with van der Waals surface area (Å²) in [6, 6.07) is 17.2. The fourth-order valence-electron chi connectivity index (χ4n) is 3.87. The number of anilines is 1. The van der Waals surface area contributed by atoms with E-state index in [2.05, 4.69) is 5.32 Å². The van der Waals surface area contributed by atoms with E-state index in [0.29, 0.717) is 26.9 Å². The first-order chi connectivity index (χ1) is 17.4. The van der Waals surface area contributed by atoms with Gasteiger partial charge in [-0.3, -0.25) is 13.9 Å². The number of benzene rings is 3. The lowest BCUT2D eigenvalue weighted by molar-refractivity contribution is -0.139. The Morgan fingerprint density at radius 1 is 0.946 bits per heavy atom. The van der Waals surface area contributed by atoms with Gasteiger partial charge < -0.3 is 10.2 Å². The van der Waals surface area contributed by atoms with Gasteiger partial charge in [-0.15, -0.1) is 0 Å². The van der Waals surface area contributed by atoms with Gasteiger partial charge in [-0.1, -0.05) is 53.0 Å². The monoisotopic (exact) mass is 561 g/mol. The minimum Gasteiger partial charge on any atom is -0.357 e. The molecule has 0 aromatic heterocycles. The van der Waals surface area contributed by atoms with Crippen molar-refractivity contribution in [1.82, 2.24) is 10.2 Å². The van der Waals surface area contributed by atoms with E-state index in [1.807, 2.05) is 6.92 Å². The number of nitrogens with one attached hydrogen (secondary N) is 1. The van der Waals surface area contributed by atoms with Gasteiger partial charge in [0.25, 0.3) is 10.0 Å². The Bertz CT molecular complexity index is 1400. The molecule has 0 aliphatic carbocycles. The number of hydrogen-bond donors (Lipinski definition) is 1. The van der Waals surface area contributed by atoms with Crippen LogP contribution in [0.5, 0.6) is 0 Å². The molecule has 10 heteroatoms. The Labute approximate surface area is 228 Å². The number of likely N-dealkylation sites (N-methyl/N-ethyl adjacent to an activating group) is 1. The molecule has 1 N–H and O–H groups in total. The Kier molecular flexibility index (Phi) is 9.23. The normalized spacial score (nSPS) is 12.1. The van der Waals surface area contributed by atoms with Gasteiger partial charge in [-0.25, -0.2) is 8.42 Å². The van der Waals surface area contributed by atoms with Crippen molar-refractivity contribution in [2.75, 3.05) is 17.9 Å². The lowest BCUT2D eigenvalue weighted by Gasteiger charge is -2.32. The quantitative estimate of drug-likeness (QED) is 0.399. The van der Waals surface area contributed by atoms with Crippen LogP contribution < -0.4 is 9.62 Å². The average Bonchev–Trinajstić information content (AvgIpc) is 2.85. The van der Waals surface area contributed by atoms with Crippen molar-refractivity contribution in [1.29, 1.82) is 0 Å². The van der Waals surface area contributed by atoms with Gasteiger partial charge in [0.05, 0.1) is 10.6 Å². The van der Waals surface area contributed by atoms with Crippen molar-refractivity contribution in [2.45, 2.75) is 38.3 Å². The molecule has 0 aliphatic rings. The van der Waals surface area contributed by atoms with Crippen molar-refractivity contribution in [2.24, 2.45) is 0 Å². The van der Waals surface area contributed by atoms with E-state index in [1.54, 1.807) is 68.4 Å². The summed E-state index contributed by atoms with van der Waals surface area (Å²) in [5, 5.41) is 3.48. The molecule has 0 saturated heterocycles. The highest BCUT2D eigenvalue weighted by molar-refractivity contribution is 7.92. The van der Waals surface area contributed by atoms with E-state index in [-0.39, 0.29) is 17.3 Å². The Morgan fingerprint density at radius 3 is 2.19 bits per heavy atom. The van der Waals surface area contributed by atoms with Gasteiger partial charge in [0, 0.05) is 23.6 Å². The number of amides is 2. The van der Waals surface area contributed by atoms with Crippen LogP contribution in [0.1, 0.15) is 23.6 Å². The van der Waals surface area contributed by atoms with E-state index in [1.165, 1.54) is 24.1 Å².